The lowest BCUT2D eigenvalue weighted by Crippen LogP contribution is -2.45. The highest BCUT2D eigenvalue weighted by atomic mass is 32.2. The standard InChI is InChI=1S/C20H19N3O3S/c21-19(24)17(11-13-27(26)15-8-2-1-3-9-15)23-20(25)16-10-4-6-14-7-5-12-22-18(14)16/h1-10,12,17H,11,13H2,(H2,21,24)(H,23,25)/t17-,27+/m0/s1. The second kappa shape index (κ2) is 8.55. The zero-order valence-electron chi connectivity index (χ0n) is 14.5. The molecule has 0 aliphatic carbocycles. The maximum absolute atomic E-state index is 12.7. The van der Waals surface area contributed by atoms with Gasteiger partial charge in [0, 0.05) is 22.2 Å². The molecule has 3 rings (SSSR count). The smallest absolute Gasteiger partial charge is 0.254 e. The van der Waals surface area contributed by atoms with Crippen LogP contribution in [0.1, 0.15) is 16.8 Å². The van der Waals surface area contributed by atoms with Gasteiger partial charge < -0.3 is 11.1 Å². The summed E-state index contributed by atoms with van der Waals surface area (Å²) in [7, 11) is -1.27. The third-order valence-electron chi connectivity index (χ3n) is 4.12. The number of hydrogen-bond donors (Lipinski definition) is 2. The van der Waals surface area contributed by atoms with Gasteiger partial charge in [-0.25, -0.2) is 0 Å². The fourth-order valence-electron chi connectivity index (χ4n) is 2.72. The summed E-state index contributed by atoms with van der Waals surface area (Å²) >= 11 is 0. The molecule has 0 bridgehead atoms. The molecule has 0 saturated heterocycles. The molecule has 0 spiro atoms. The molecule has 1 heterocycles. The Morgan fingerprint density at radius 2 is 1.78 bits per heavy atom. The number of para-hydroxylation sites is 1. The van der Waals surface area contributed by atoms with E-state index in [9.17, 15) is 13.8 Å². The summed E-state index contributed by atoms with van der Waals surface area (Å²) in [6, 6.07) is 16.9. The number of primary amides is 1. The molecule has 27 heavy (non-hydrogen) atoms. The summed E-state index contributed by atoms with van der Waals surface area (Å²) in [6.45, 7) is 0. The normalized spacial score (nSPS) is 13.0. The second-order valence-corrected chi connectivity index (χ2v) is 7.53. The van der Waals surface area contributed by atoms with Gasteiger partial charge in [-0.3, -0.25) is 18.8 Å². The first-order valence-corrected chi connectivity index (χ1v) is 9.75. The molecule has 7 heteroatoms. The van der Waals surface area contributed by atoms with Crippen LogP contribution in [-0.4, -0.2) is 32.8 Å². The molecule has 0 radical (unpaired) electrons. The lowest BCUT2D eigenvalue weighted by molar-refractivity contribution is -0.119. The Balaban J connectivity index is 1.71. The van der Waals surface area contributed by atoms with Crippen LogP contribution in [0.3, 0.4) is 0 Å². The highest BCUT2D eigenvalue weighted by molar-refractivity contribution is 7.85. The summed E-state index contributed by atoms with van der Waals surface area (Å²) in [5.74, 6) is -0.888. The number of rotatable bonds is 7. The molecular weight excluding hydrogens is 362 g/mol. The summed E-state index contributed by atoms with van der Waals surface area (Å²) in [6.07, 6.45) is 1.79. The van der Waals surface area contributed by atoms with Gasteiger partial charge in [-0.15, -0.1) is 0 Å². The van der Waals surface area contributed by atoms with E-state index in [-0.39, 0.29) is 12.2 Å². The van der Waals surface area contributed by atoms with Crippen LogP contribution in [0.2, 0.25) is 0 Å². The first kappa shape index (κ1) is 18.7. The van der Waals surface area contributed by atoms with Crippen LogP contribution < -0.4 is 11.1 Å². The Kier molecular flexibility index (Phi) is 5.93. The van der Waals surface area contributed by atoms with E-state index in [0.717, 1.165) is 5.39 Å². The van der Waals surface area contributed by atoms with Crippen molar-refractivity contribution in [2.75, 3.05) is 5.75 Å². The first-order chi connectivity index (χ1) is 13.1. The van der Waals surface area contributed by atoms with Crippen LogP contribution >= 0.6 is 0 Å². The maximum atomic E-state index is 12.7. The predicted molar refractivity (Wildman–Crippen MR) is 105 cm³/mol. The van der Waals surface area contributed by atoms with Gasteiger partial charge in [0.15, 0.2) is 0 Å². The minimum atomic E-state index is -1.27. The van der Waals surface area contributed by atoms with Crippen molar-refractivity contribution >= 4 is 33.5 Å². The van der Waals surface area contributed by atoms with E-state index in [1.807, 2.05) is 18.2 Å². The molecule has 0 aliphatic rings. The molecule has 0 unspecified atom stereocenters. The number of carbonyl (C=O) groups is 2. The number of amides is 2. The minimum Gasteiger partial charge on any atom is -0.368 e. The number of pyridine rings is 1. The van der Waals surface area contributed by atoms with Gasteiger partial charge in [-0.2, -0.15) is 0 Å². The monoisotopic (exact) mass is 381 g/mol. The van der Waals surface area contributed by atoms with Crippen molar-refractivity contribution < 1.29 is 13.8 Å². The molecule has 2 aromatic carbocycles. The number of nitrogens with zero attached hydrogens (tertiary/aromatic N) is 1. The quantitative estimate of drug-likeness (QED) is 0.653. The molecule has 0 fully saturated rings. The SMILES string of the molecule is NC(=O)[C@H](CC[S@@](=O)c1ccccc1)NC(=O)c1cccc2cccnc12. The Morgan fingerprint density at radius 1 is 1.04 bits per heavy atom. The zero-order chi connectivity index (χ0) is 19.2. The van der Waals surface area contributed by atoms with E-state index < -0.39 is 28.7 Å². The van der Waals surface area contributed by atoms with Crippen LogP contribution in [0.5, 0.6) is 0 Å². The Morgan fingerprint density at radius 3 is 2.52 bits per heavy atom. The number of carbonyl (C=O) groups excluding carboxylic acids is 2. The van der Waals surface area contributed by atoms with Gasteiger partial charge >= 0.3 is 0 Å². The average molecular weight is 381 g/mol. The molecule has 1 aromatic heterocycles. The maximum Gasteiger partial charge on any atom is 0.254 e. The molecule has 3 aromatic rings. The van der Waals surface area contributed by atoms with Gasteiger partial charge in [-0.1, -0.05) is 36.4 Å². The number of hydrogen-bond acceptors (Lipinski definition) is 4. The van der Waals surface area contributed by atoms with E-state index in [0.29, 0.717) is 16.0 Å². The number of nitrogens with two attached hydrogens (primary N) is 1. The molecule has 3 N–H and O–H groups in total. The predicted octanol–water partition coefficient (Wildman–Crippen LogP) is 2.02. The van der Waals surface area contributed by atoms with Crippen molar-refractivity contribution in [1.29, 1.82) is 0 Å². The van der Waals surface area contributed by atoms with E-state index in [1.165, 1.54) is 0 Å². The van der Waals surface area contributed by atoms with Gasteiger partial charge in [-0.05, 0) is 30.7 Å². The van der Waals surface area contributed by atoms with Gasteiger partial charge in [0.05, 0.1) is 21.9 Å². The van der Waals surface area contributed by atoms with E-state index in [2.05, 4.69) is 10.3 Å². The first-order valence-electron chi connectivity index (χ1n) is 8.43. The number of nitrogens with one attached hydrogen (secondary N) is 1. The Hall–Kier alpha value is -3.06. The molecule has 138 valence electrons. The molecule has 2 amide bonds. The van der Waals surface area contributed by atoms with E-state index in [1.54, 1.807) is 48.7 Å². The summed E-state index contributed by atoms with van der Waals surface area (Å²) in [4.78, 5) is 29.3. The van der Waals surface area contributed by atoms with Crippen LogP contribution in [0, 0.1) is 0 Å². The number of aromatic nitrogens is 1. The summed E-state index contributed by atoms with van der Waals surface area (Å²) in [5, 5.41) is 3.47. The van der Waals surface area contributed by atoms with Crippen molar-refractivity contribution in [2.24, 2.45) is 5.73 Å². The summed E-state index contributed by atoms with van der Waals surface area (Å²) in [5.41, 5.74) is 6.35. The van der Waals surface area contributed by atoms with Crippen LogP contribution in [0.15, 0.2) is 71.8 Å². The Bertz CT molecular complexity index is 987. The highest BCUT2D eigenvalue weighted by Crippen LogP contribution is 2.16. The lowest BCUT2D eigenvalue weighted by Gasteiger charge is -2.16. The lowest BCUT2D eigenvalue weighted by atomic mass is 10.1. The topological polar surface area (TPSA) is 102 Å². The van der Waals surface area contributed by atoms with Crippen molar-refractivity contribution in [2.45, 2.75) is 17.4 Å². The van der Waals surface area contributed by atoms with Crippen LogP contribution in [-0.2, 0) is 15.6 Å². The van der Waals surface area contributed by atoms with Crippen molar-refractivity contribution in [3.63, 3.8) is 0 Å². The largest absolute Gasteiger partial charge is 0.368 e. The molecular formula is C20H19N3O3S. The number of fused-ring (bicyclic) bond motifs is 1. The molecule has 6 nitrogen and oxygen atoms in total. The van der Waals surface area contributed by atoms with E-state index in [4.69, 9.17) is 5.73 Å². The van der Waals surface area contributed by atoms with Crippen LogP contribution in [0.4, 0.5) is 0 Å². The average Bonchev–Trinajstić information content (AvgIpc) is 2.70. The third kappa shape index (κ3) is 4.57. The molecule has 0 aliphatic heterocycles. The molecule has 0 saturated carbocycles. The Labute approximate surface area is 159 Å². The second-order valence-electron chi connectivity index (χ2n) is 5.96. The fourth-order valence-corrected chi connectivity index (χ4v) is 3.87. The summed E-state index contributed by atoms with van der Waals surface area (Å²) < 4.78 is 12.3. The van der Waals surface area contributed by atoms with E-state index >= 15 is 0 Å². The van der Waals surface area contributed by atoms with Crippen molar-refractivity contribution in [1.82, 2.24) is 10.3 Å². The highest BCUT2D eigenvalue weighted by Gasteiger charge is 2.21. The third-order valence-corrected chi connectivity index (χ3v) is 5.53. The zero-order valence-corrected chi connectivity index (χ0v) is 15.3. The fraction of sp³-hybridized carbons (Fsp3) is 0.150. The molecule has 2 atom stereocenters. The van der Waals surface area contributed by atoms with Crippen LogP contribution in [0.25, 0.3) is 10.9 Å². The van der Waals surface area contributed by atoms with Gasteiger partial charge in [0.25, 0.3) is 5.91 Å². The van der Waals surface area contributed by atoms with Gasteiger partial charge in [0.2, 0.25) is 5.91 Å². The van der Waals surface area contributed by atoms with Crippen molar-refractivity contribution in [3.05, 3.63) is 72.4 Å². The van der Waals surface area contributed by atoms with Gasteiger partial charge in [0.1, 0.15) is 6.04 Å². The van der Waals surface area contributed by atoms with Crippen molar-refractivity contribution in [3.8, 4) is 0 Å². The number of benzene rings is 2. The minimum absolute atomic E-state index is 0.181.